The van der Waals surface area contributed by atoms with Gasteiger partial charge < -0.3 is 40.2 Å². The Kier molecular flexibility index (Phi) is 16.3. The minimum Gasteiger partial charge on any atom is -0.458 e. The summed E-state index contributed by atoms with van der Waals surface area (Å²) in [5, 5.41) is 11.7. The van der Waals surface area contributed by atoms with Gasteiger partial charge in [-0.1, -0.05) is 13.2 Å². The van der Waals surface area contributed by atoms with Crippen LogP contribution in [0.1, 0.15) is 34.6 Å². The Balaban J connectivity index is 2.19. The molecule has 0 spiro atoms. The van der Waals surface area contributed by atoms with E-state index in [1.807, 2.05) is 5.32 Å². The summed E-state index contributed by atoms with van der Waals surface area (Å²) in [6, 6.07) is 4.63. The van der Waals surface area contributed by atoms with Crippen LogP contribution in [0.15, 0.2) is 48.6 Å². The van der Waals surface area contributed by atoms with E-state index in [0.29, 0.717) is 5.57 Å². The predicted molar refractivity (Wildman–Crippen MR) is 150 cm³/mol. The molecule has 5 N–H and O–H groups in total. The molecule has 0 bridgehead atoms. The molecule has 1 aromatic carbocycles. The number of nitrogens with one attached hydrogen (secondary N) is 5. The maximum Gasteiger partial charge on any atom is 0.407 e. The van der Waals surface area contributed by atoms with Crippen LogP contribution in [0.3, 0.4) is 0 Å². The monoisotopic (exact) mass is 605 g/mol. The Morgan fingerprint density at radius 1 is 0.558 bits per heavy atom. The summed E-state index contributed by atoms with van der Waals surface area (Å²) >= 11 is 0. The number of alkyl carbamates (subject to hydrolysis) is 2. The van der Waals surface area contributed by atoms with Crippen molar-refractivity contribution in [3.63, 3.8) is 0 Å². The zero-order chi connectivity index (χ0) is 32.2. The molecule has 0 aromatic heterocycles. The third-order valence-electron chi connectivity index (χ3n) is 4.82. The Labute approximate surface area is 247 Å². The molecule has 1 aromatic rings. The Hall–Kier alpha value is -5.41. The van der Waals surface area contributed by atoms with Gasteiger partial charge in [0.25, 0.3) is 5.91 Å². The third kappa shape index (κ3) is 15.8. The first-order valence-corrected chi connectivity index (χ1v) is 12.8. The average Bonchev–Trinajstić information content (AvgIpc) is 2.97. The van der Waals surface area contributed by atoms with Crippen LogP contribution in [-0.2, 0) is 28.5 Å². The largest absolute Gasteiger partial charge is 0.458 e. The van der Waals surface area contributed by atoms with Crippen LogP contribution in [-0.4, -0.2) is 94.6 Å². The summed E-state index contributed by atoms with van der Waals surface area (Å²) in [5.41, 5.74) is 0.786. The van der Waals surface area contributed by atoms with Gasteiger partial charge in [-0.05, 0) is 38.1 Å². The summed E-state index contributed by atoms with van der Waals surface area (Å²) < 4.78 is 19.7. The molecule has 0 saturated heterocycles. The summed E-state index contributed by atoms with van der Waals surface area (Å²) in [7, 11) is 0. The lowest BCUT2D eigenvalue weighted by Gasteiger charge is -2.09. The second kappa shape index (κ2) is 19.6. The van der Waals surface area contributed by atoms with Gasteiger partial charge in [0.2, 0.25) is 5.91 Å². The first-order chi connectivity index (χ1) is 20.4. The molecule has 0 atom stereocenters. The van der Waals surface area contributed by atoms with Crippen LogP contribution >= 0.6 is 0 Å². The molecule has 0 aliphatic heterocycles. The standard InChI is InChI=1S/C27H35N5O11/c1-17(2)21(33)28-9-11-30-26(38)42-15-13-40-23(35)19-5-7-20(8-6-19)24(36)41-14-16-43-27(39)31-12-10-29-25(37)32-22(34)18(3)4/h5-8H,1,3,9-16H2,2,4H3,(H,28,33)(H,30,38)(H,31,39)(H2,29,32,34,37). The van der Waals surface area contributed by atoms with Crippen LogP contribution in [0.5, 0.6) is 0 Å². The number of carbonyl (C=O) groups is 7. The lowest BCUT2D eigenvalue weighted by Crippen LogP contribution is -2.43. The van der Waals surface area contributed by atoms with Crippen molar-refractivity contribution in [2.75, 3.05) is 52.6 Å². The zero-order valence-corrected chi connectivity index (χ0v) is 23.9. The van der Waals surface area contributed by atoms with Gasteiger partial charge in [-0.25, -0.2) is 24.0 Å². The molecule has 16 heteroatoms. The van der Waals surface area contributed by atoms with Crippen molar-refractivity contribution in [1.82, 2.24) is 26.6 Å². The number of imide groups is 1. The second-order valence-electron chi connectivity index (χ2n) is 8.50. The van der Waals surface area contributed by atoms with Crippen molar-refractivity contribution < 1.29 is 52.5 Å². The topological polar surface area (TPSA) is 217 Å². The van der Waals surface area contributed by atoms with Gasteiger partial charge in [-0.15, -0.1) is 0 Å². The summed E-state index contributed by atoms with van der Waals surface area (Å²) in [5.74, 6) is -2.38. The van der Waals surface area contributed by atoms with Crippen molar-refractivity contribution >= 4 is 42.0 Å². The van der Waals surface area contributed by atoms with E-state index in [2.05, 4.69) is 34.4 Å². The SMILES string of the molecule is C=C(C)C(=O)NCCNC(=O)OCCOC(=O)c1ccc(C(=O)OCCOC(=O)NCCNC(=O)NC(=O)C(=C)C)cc1. The number of urea groups is 1. The highest BCUT2D eigenvalue weighted by Crippen LogP contribution is 2.08. The Morgan fingerprint density at radius 3 is 1.35 bits per heavy atom. The highest BCUT2D eigenvalue weighted by atomic mass is 16.6. The lowest BCUT2D eigenvalue weighted by molar-refractivity contribution is -0.117. The van der Waals surface area contributed by atoms with Crippen LogP contribution < -0.4 is 26.6 Å². The van der Waals surface area contributed by atoms with E-state index >= 15 is 0 Å². The van der Waals surface area contributed by atoms with E-state index < -0.39 is 36.1 Å². The quantitative estimate of drug-likeness (QED) is 0.0758. The molecule has 6 amide bonds. The molecule has 0 aliphatic carbocycles. The smallest absolute Gasteiger partial charge is 0.407 e. The summed E-state index contributed by atoms with van der Waals surface area (Å²) in [6.45, 7) is 9.35. The molecule has 0 aliphatic rings. The van der Waals surface area contributed by atoms with Crippen molar-refractivity contribution in [1.29, 1.82) is 0 Å². The fourth-order valence-corrected chi connectivity index (χ4v) is 2.63. The van der Waals surface area contributed by atoms with E-state index in [9.17, 15) is 33.6 Å². The molecule has 16 nitrogen and oxygen atoms in total. The van der Waals surface area contributed by atoms with E-state index in [0.717, 1.165) is 0 Å². The first-order valence-electron chi connectivity index (χ1n) is 12.8. The van der Waals surface area contributed by atoms with Gasteiger partial charge in [0, 0.05) is 37.3 Å². The number of ether oxygens (including phenoxy) is 4. The normalized spacial score (nSPS) is 9.81. The lowest BCUT2D eigenvalue weighted by atomic mass is 10.1. The number of amides is 6. The molecule has 0 unspecified atom stereocenters. The molecule has 43 heavy (non-hydrogen) atoms. The molecule has 1 rings (SSSR count). The molecule has 0 fully saturated rings. The fourth-order valence-electron chi connectivity index (χ4n) is 2.63. The van der Waals surface area contributed by atoms with Gasteiger partial charge in [0.05, 0.1) is 11.1 Å². The number of benzene rings is 1. The highest BCUT2D eigenvalue weighted by molar-refractivity contribution is 6.03. The molecular formula is C27H35N5O11. The zero-order valence-electron chi connectivity index (χ0n) is 23.9. The Morgan fingerprint density at radius 2 is 0.930 bits per heavy atom. The maximum absolute atomic E-state index is 12.1. The molecule has 0 saturated carbocycles. The van der Waals surface area contributed by atoms with Crippen LogP contribution in [0.2, 0.25) is 0 Å². The summed E-state index contributed by atoms with van der Waals surface area (Å²) in [4.78, 5) is 81.6. The van der Waals surface area contributed by atoms with Crippen molar-refractivity contribution in [2.45, 2.75) is 13.8 Å². The fraction of sp³-hybridized carbons (Fsp3) is 0.370. The number of hydrogen-bond acceptors (Lipinski definition) is 11. The number of carbonyl (C=O) groups excluding carboxylic acids is 7. The third-order valence-corrected chi connectivity index (χ3v) is 4.82. The van der Waals surface area contributed by atoms with Crippen LogP contribution in [0, 0.1) is 0 Å². The minimum atomic E-state index is -0.811. The maximum atomic E-state index is 12.1. The highest BCUT2D eigenvalue weighted by Gasteiger charge is 2.12. The van der Waals surface area contributed by atoms with Crippen LogP contribution in [0.25, 0.3) is 0 Å². The van der Waals surface area contributed by atoms with E-state index in [1.54, 1.807) is 6.92 Å². The van der Waals surface area contributed by atoms with E-state index in [-0.39, 0.29) is 75.2 Å². The van der Waals surface area contributed by atoms with Gasteiger partial charge in [0.15, 0.2) is 0 Å². The van der Waals surface area contributed by atoms with Gasteiger partial charge in [-0.2, -0.15) is 0 Å². The van der Waals surface area contributed by atoms with Gasteiger partial charge >= 0.3 is 30.2 Å². The predicted octanol–water partition coefficient (Wildman–Crippen LogP) is 0.547. The second-order valence-corrected chi connectivity index (χ2v) is 8.50. The number of hydrogen-bond donors (Lipinski definition) is 5. The van der Waals surface area contributed by atoms with E-state index in [1.165, 1.54) is 31.2 Å². The van der Waals surface area contributed by atoms with Crippen molar-refractivity contribution in [3.05, 3.63) is 59.7 Å². The molecule has 0 heterocycles. The van der Waals surface area contributed by atoms with Crippen molar-refractivity contribution in [3.8, 4) is 0 Å². The number of esters is 2. The summed E-state index contributed by atoms with van der Waals surface area (Å²) in [6.07, 6.45) is -1.56. The van der Waals surface area contributed by atoms with Crippen molar-refractivity contribution in [2.24, 2.45) is 0 Å². The molecular weight excluding hydrogens is 570 g/mol. The van der Waals surface area contributed by atoms with Gasteiger partial charge in [0.1, 0.15) is 26.4 Å². The molecule has 0 radical (unpaired) electrons. The Bertz CT molecular complexity index is 1200. The number of rotatable bonds is 16. The minimum absolute atomic E-state index is 0.0168. The van der Waals surface area contributed by atoms with Crippen LogP contribution in [0.4, 0.5) is 14.4 Å². The molecule has 234 valence electrons. The average molecular weight is 606 g/mol. The first kappa shape index (κ1) is 35.6. The van der Waals surface area contributed by atoms with Gasteiger partial charge in [-0.3, -0.25) is 14.9 Å². The van der Waals surface area contributed by atoms with E-state index in [4.69, 9.17) is 18.9 Å².